The Kier molecular flexibility index (Phi) is 3.37. The molecule has 1 aromatic carbocycles. The Morgan fingerprint density at radius 3 is 2.70 bits per heavy atom. The van der Waals surface area contributed by atoms with Crippen LogP contribution in [0.2, 0.25) is 5.02 Å². The Morgan fingerprint density at radius 1 is 1.30 bits per heavy atom. The fourth-order valence-electron chi connectivity index (χ4n) is 3.39. The first-order valence-corrected chi connectivity index (χ1v) is 7.10. The van der Waals surface area contributed by atoms with E-state index >= 15 is 0 Å². The van der Waals surface area contributed by atoms with Crippen LogP contribution in [0.4, 0.5) is 18.9 Å². The number of alkyl halides is 3. The number of anilines is 1. The Labute approximate surface area is 120 Å². The topological polar surface area (TPSA) is 15.3 Å². The SMILES string of the molecule is CC1C2CNCC2CN1c1cc(C(F)(F)F)ccc1Cl. The molecule has 0 amide bonds. The molecular formula is C14H16ClF3N2. The first-order chi connectivity index (χ1) is 9.38. The Hall–Kier alpha value is -0.940. The van der Waals surface area contributed by atoms with Gasteiger partial charge in [-0.1, -0.05) is 11.6 Å². The third-order valence-corrected chi connectivity index (χ3v) is 4.84. The number of benzene rings is 1. The summed E-state index contributed by atoms with van der Waals surface area (Å²) < 4.78 is 38.5. The molecule has 0 bridgehead atoms. The number of rotatable bonds is 1. The highest BCUT2D eigenvalue weighted by molar-refractivity contribution is 6.33. The maximum atomic E-state index is 12.8. The highest BCUT2D eigenvalue weighted by Crippen LogP contribution is 2.41. The van der Waals surface area contributed by atoms with E-state index in [0.29, 0.717) is 22.5 Å². The van der Waals surface area contributed by atoms with Crippen molar-refractivity contribution in [2.45, 2.75) is 19.1 Å². The first-order valence-electron chi connectivity index (χ1n) is 6.72. The molecule has 2 fully saturated rings. The summed E-state index contributed by atoms with van der Waals surface area (Å²) in [5.74, 6) is 0.983. The zero-order valence-electron chi connectivity index (χ0n) is 11.0. The molecule has 6 heteroatoms. The molecule has 20 heavy (non-hydrogen) atoms. The van der Waals surface area contributed by atoms with Crippen molar-refractivity contribution in [3.63, 3.8) is 0 Å². The normalized spacial score (nSPS) is 29.9. The lowest BCUT2D eigenvalue weighted by atomic mass is 9.95. The Bertz CT molecular complexity index is 518. The third kappa shape index (κ3) is 2.27. The maximum absolute atomic E-state index is 12.8. The minimum absolute atomic E-state index is 0.205. The number of nitrogens with zero attached hydrogens (tertiary/aromatic N) is 1. The molecule has 0 aromatic heterocycles. The molecule has 0 saturated carbocycles. The van der Waals surface area contributed by atoms with E-state index in [1.165, 1.54) is 12.1 Å². The molecule has 2 aliphatic rings. The number of hydrogen-bond acceptors (Lipinski definition) is 2. The molecule has 1 aromatic rings. The van der Waals surface area contributed by atoms with Gasteiger partial charge in [0.25, 0.3) is 0 Å². The van der Waals surface area contributed by atoms with Crippen LogP contribution >= 0.6 is 11.6 Å². The molecule has 0 radical (unpaired) electrons. The van der Waals surface area contributed by atoms with Gasteiger partial charge in [-0.05, 0) is 37.0 Å². The van der Waals surface area contributed by atoms with Crippen molar-refractivity contribution in [1.82, 2.24) is 5.32 Å². The van der Waals surface area contributed by atoms with E-state index in [1.807, 2.05) is 4.90 Å². The third-order valence-electron chi connectivity index (χ3n) is 4.52. The fourth-order valence-corrected chi connectivity index (χ4v) is 3.62. The summed E-state index contributed by atoms with van der Waals surface area (Å²) in [6.07, 6.45) is -4.33. The number of halogens is 4. The summed E-state index contributed by atoms with van der Waals surface area (Å²) in [5, 5.41) is 3.72. The minimum atomic E-state index is -4.33. The molecule has 2 aliphatic heterocycles. The van der Waals surface area contributed by atoms with Gasteiger partial charge < -0.3 is 10.2 Å². The highest BCUT2D eigenvalue weighted by Gasteiger charge is 2.42. The Morgan fingerprint density at radius 2 is 2.05 bits per heavy atom. The lowest BCUT2D eigenvalue weighted by molar-refractivity contribution is -0.137. The van der Waals surface area contributed by atoms with Gasteiger partial charge in [-0.15, -0.1) is 0 Å². The molecule has 1 N–H and O–H groups in total. The number of nitrogens with one attached hydrogen (secondary N) is 1. The zero-order valence-corrected chi connectivity index (χ0v) is 11.8. The van der Waals surface area contributed by atoms with Crippen LogP contribution in [0.1, 0.15) is 12.5 Å². The van der Waals surface area contributed by atoms with Crippen LogP contribution in [0.15, 0.2) is 18.2 Å². The van der Waals surface area contributed by atoms with Crippen molar-refractivity contribution in [3.8, 4) is 0 Å². The second kappa shape index (κ2) is 4.81. The minimum Gasteiger partial charge on any atom is -0.367 e. The van der Waals surface area contributed by atoms with Gasteiger partial charge in [-0.3, -0.25) is 0 Å². The van der Waals surface area contributed by atoms with Crippen molar-refractivity contribution in [2.24, 2.45) is 11.8 Å². The summed E-state index contributed by atoms with van der Waals surface area (Å²) in [7, 11) is 0. The van der Waals surface area contributed by atoms with Crippen molar-refractivity contribution < 1.29 is 13.2 Å². The summed E-state index contributed by atoms with van der Waals surface area (Å²) in [6, 6.07) is 3.76. The molecule has 0 aliphatic carbocycles. The largest absolute Gasteiger partial charge is 0.416 e. The average molecular weight is 305 g/mol. The molecule has 3 rings (SSSR count). The van der Waals surface area contributed by atoms with Crippen LogP contribution in [-0.2, 0) is 6.18 Å². The summed E-state index contributed by atoms with van der Waals surface area (Å²) >= 11 is 6.12. The fraction of sp³-hybridized carbons (Fsp3) is 0.571. The van der Waals surface area contributed by atoms with Crippen LogP contribution in [0, 0.1) is 11.8 Å². The van der Waals surface area contributed by atoms with Gasteiger partial charge >= 0.3 is 6.18 Å². The van der Waals surface area contributed by atoms with Crippen LogP contribution in [0.25, 0.3) is 0 Å². The second-order valence-corrected chi connectivity index (χ2v) is 6.05. The molecule has 2 nitrogen and oxygen atoms in total. The predicted octanol–water partition coefficient (Wildman–Crippen LogP) is 3.40. The molecule has 3 unspecified atom stereocenters. The maximum Gasteiger partial charge on any atom is 0.416 e. The van der Waals surface area contributed by atoms with Crippen molar-refractivity contribution >= 4 is 17.3 Å². The van der Waals surface area contributed by atoms with Crippen molar-refractivity contribution in [2.75, 3.05) is 24.5 Å². The van der Waals surface area contributed by atoms with E-state index in [-0.39, 0.29) is 6.04 Å². The second-order valence-electron chi connectivity index (χ2n) is 5.64. The lowest BCUT2D eigenvalue weighted by Crippen LogP contribution is -2.33. The van der Waals surface area contributed by atoms with E-state index in [1.54, 1.807) is 0 Å². The van der Waals surface area contributed by atoms with E-state index < -0.39 is 11.7 Å². The number of fused-ring (bicyclic) bond motifs is 1. The molecule has 110 valence electrons. The van der Waals surface area contributed by atoms with Crippen LogP contribution in [0.3, 0.4) is 0 Å². The van der Waals surface area contributed by atoms with Gasteiger partial charge in [0.2, 0.25) is 0 Å². The first kappa shape index (κ1) is 14.0. The van der Waals surface area contributed by atoms with Gasteiger partial charge in [0.15, 0.2) is 0 Å². The average Bonchev–Trinajstić information content (AvgIpc) is 2.92. The van der Waals surface area contributed by atoms with Crippen molar-refractivity contribution in [1.29, 1.82) is 0 Å². The monoisotopic (exact) mass is 304 g/mol. The predicted molar refractivity (Wildman–Crippen MR) is 73.1 cm³/mol. The quantitative estimate of drug-likeness (QED) is 0.855. The smallest absolute Gasteiger partial charge is 0.367 e. The zero-order chi connectivity index (χ0) is 14.5. The molecule has 2 heterocycles. The van der Waals surface area contributed by atoms with E-state index in [0.717, 1.165) is 25.7 Å². The van der Waals surface area contributed by atoms with Crippen LogP contribution in [0.5, 0.6) is 0 Å². The molecule has 3 atom stereocenters. The van der Waals surface area contributed by atoms with E-state index in [2.05, 4.69) is 12.2 Å². The highest BCUT2D eigenvalue weighted by atomic mass is 35.5. The number of hydrogen-bond donors (Lipinski definition) is 1. The van der Waals surface area contributed by atoms with Crippen LogP contribution < -0.4 is 10.2 Å². The summed E-state index contributed by atoms with van der Waals surface area (Å²) in [5.41, 5.74) is -0.136. The van der Waals surface area contributed by atoms with Gasteiger partial charge in [0.05, 0.1) is 16.3 Å². The standard InChI is InChI=1S/C14H16ClF3N2/c1-8-11-6-19-5-9(11)7-20(8)13-4-10(14(16,17)18)2-3-12(13)15/h2-4,8-9,11,19H,5-7H2,1H3. The Balaban J connectivity index is 1.94. The molecular weight excluding hydrogens is 289 g/mol. The van der Waals surface area contributed by atoms with Gasteiger partial charge in [0, 0.05) is 25.7 Å². The van der Waals surface area contributed by atoms with Gasteiger partial charge in [-0.2, -0.15) is 13.2 Å². The van der Waals surface area contributed by atoms with E-state index in [9.17, 15) is 13.2 Å². The molecule has 0 spiro atoms. The van der Waals surface area contributed by atoms with E-state index in [4.69, 9.17) is 11.6 Å². The lowest BCUT2D eigenvalue weighted by Gasteiger charge is -2.28. The summed E-state index contributed by atoms with van der Waals surface area (Å²) in [6.45, 7) is 4.69. The molecule has 2 saturated heterocycles. The van der Waals surface area contributed by atoms with Gasteiger partial charge in [-0.25, -0.2) is 0 Å². The summed E-state index contributed by atoms with van der Waals surface area (Å²) in [4.78, 5) is 2.02. The van der Waals surface area contributed by atoms with Crippen LogP contribution in [-0.4, -0.2) is 25.7 Å². The van der Waals surface area contributed by atoms with Crippen molar-refractivity contribution in [3.05, 3.63) is 28.8 Å². The van der Waals surface area contributed by atoms with Gasteiger partial charge in [0.1, 0.15) is 0 Å².